The molecule has 0 saturated carbocycles. The van der Waals surface area contributed by atoms with Crippen LogP contribution < -0.4 is 0 Å². The summed E-state index contributed by atoms with van der Waals surface area (Å²) in [5.74, 6) is 0.0767. The fourth-order valence-corrected chi connectivity index (χ4v) is 0.438. The second kappa shape index (κ2) is 6.77. The van der Waals surface area contributed by atoms with Crippen LogP contribution in [0, 0.1) is 44.1 Å². The number of carbonyl (C=O) groups excluding carboxylic acids is 1. The Morgan fingerprint density at radius 1 is 1.56 bits per heavy atom. The van der Waals surface area contributed by atoms with Crippen LogP contribution in [-0.4, -0.2) is 10.9 Å². The van der Waals surface area contributed by atoms with E-state index in [1.54, 1.807) is 6.92 Å². The first-order chi connectivity index (χ1) is 3.66. The van der Waals surface area contributed by atoms with Gasteiger partial charge < -0.3 is 5.11 Å². The van der Waals surface area contributed by atoms with Crippen LogP contribution in [0.25, 0.3) is 0 Å². The first-order valence-electron chi connectivity index (χ1n) is 2.46. The van der Waals surface area contributed by atoms with Crippen LogP contribution in [0.5, 0.6) is 0 Å². The number of aliphatic hydroxyl groups is 1. The van der Waals surface area contributed by atoms with Crippen molar-refractivity contribution < 1.29 is 54.0 Å². The molecule has 1 radical (unpaired) electrons. The van der Waals surface area contributed by atoms with Crippen LogP contribution >= 0.6 is 0 Å². The van der Waals surface area contributed by atoms with Gasteiger partial charge in [-0.05, 0) is 19.4 Å². The Balaban J connectivity index is 0. The summed E-state index contributed by atoms with van der Waals surface area (Å²) >= 11 is 0. The zero-order chi connectivity index (χ0) is 6.57. The zero-order valence-corrected chi connectivity index (χ0v) is 10.5. The number of carbonyl (C=O) groups is 1. The monoisotopic (exact) mass is 341 g/mol. The molecule has 0 aromatic heterocycles. The third-order valence-corrected chi connectivity index (χ3v) is 0.748. The van der Waals surface area contributed by atoms with Crippen LogP contribution in [-0.2, 0) is 4.79 Å². The van der Waals surface area contributed by atoms with Crippen LogP contribution in [0.4, 0.5) is 0 Å². The molecule has 0 amide bonds. The Morgan fingerprint density at radius 2 is 2.00 bits per heavy atom. The van der Waals surface area contributed by atoms with E-state index in [1.807, 2.05) is 0 Å². The van der Waals surface area contributed by atoms with Crippen LogP contribution in [0.15, 0.2) is 11.8 Å². The number of aliphatic hydroxyl groups excluding tert-OH is 1. The number of hydrogen-bond acceptors (Lipinski definition) is 2. The summed E-state index contributed by atoms with van der Waals surface area (Å²) in [7, 11) is 0. The van der Waals surface area contributed by atoms with Gasteiger partial charge >= 0.3 is 0 Å². The normalized spacial score (nSPS) is 10.2. The first kappa shape index (κ1) is 12.3. The molecule has 0 heterocycles. The molecule has 1 N–H and O–H groups in total. The summed E-state index contributed by atoms with van der Waals surface area (Å²) in [6, 6.07) is 0. The molecule has 0 saturated heterocycles. The summed E-state index contributed by atoms with van der Waals surface area (Å²) in [5, 5.41) is 8.27. The Morgan fingerprint density at radius 3 is 2.11 bits per heavy atom. The minimum absolute atomic E-state index is 0. The third kappa shape index (κ3) is 8.65. The van der Waals surface area contributed by atoms with Crippen molar-refractivity contribution in [3.63, 3.8) is 0 Å². The molecule has 0 atom stereocenters. The van der Waals surface area contributed by atoms with Crippen molar-refractivity contribution in [3.8, 4) is 0 Å². The first-order valence-corrected chi connectivity index (χ1v) is 2.46. The average Bonchev–Trinajstić information content (AvgIpc) is 1.65. The molecule has 0 aliphatic rings. The Bertz CT molecular complexity index is 118. The molecule has 0 unspecified atom stereocenters. The molecule has 0 aromatic rings. The number of ketones is 1. The van der Waals surface area contributed by atoms with E-state index in [0.717, 1.165) is 6.26 Å². The van der Waals surface area contributed by atoms with Gasteiger partial charge in [0.05, 0.1) is 6.26 Å². The van der Waals surface area contributed by atoms with E-state index in [9.17, 15) is 4.79 Å². The predicted molar refractivity (Wildman–Crippen MR) is 31.7 cm³/mol. The maximum Gasteiger partial charge on any atom is 0.133 e. The van der Waals surface area contributed by atoms with Crippen LogP contribution in [0.3, 0.4) is 0 Å². The number of rotatable bonds is 2. The van der Waals surface area contributed by atoms with E-state index in [-0.39, 0.29) is 49.8 Å². The van der Waals surface area contributed by atoms with Gasteiger partial charge in [0, 0.05) is 50.5 Å². The molecule has 0 fully saturated rings. The van der Waals surface area contributed by atoms with Crippen molar-refractivity contribution in [3.05, 3.63) is 11.8 Å². The minimum atomic E-state index is 0. The van der Waals surface area contributed by atoms with Crippen LogP contribution in [0.2, 0.25) is 0 Å². The number of Topliss-reactive ketones (excluding diaryl/α,β-unsaturated/α-hetero) is 1. The molecule has 2 nitrogen and oxygen atoms in total. The summed E-state index contributed by atoms with van der Waals surface area (Å²) in [4.78, 5) is 10.3. The van der Waals surface area contributed by atoms with Gasteiger partial charge in [0.1, 0.15) is 5.78 Å². The molecular formula is C6H10AcO2. The fourth-order valence-electron chi connectivity index (χ4n) is 0.438. The molecule has 9 heavy (non-hydrogen) atoms. The standard InChI is InChI=1S/C6H10O2.Ac/c1-5(4-7)3-6(2)8;/h4,7H,3H2,1-2H3;/b5-4+;. The van der Waals surface area contributed by atoms with Gasteiger partial charge in [0.2, 0.25) is 0 Å². The summed E-state index contributed by atoms with van der Waals surface area (Å²) in [6.07, 6.45) is 1.32. The molecule has 0 aliphatic heterocycles. The van der Waals surface area contributed by atoms with Crippen molar-refractivity contribution >= 4 is 5.78 Å². The Kier molecular flexibility index (Phi) is 9.28. The average molecular weight is 341 g/mol. The van der Waals surface area contributed by atoms with Gasteiger partial charge in [0.25, 0.3) is 0 Å². The smallest absolute Gasteiger partial charge is 0.133 e. The van der Waals surface area contributed by atoms with E-state index in [4.69, 9.17) is 5.11 Å². The molecule has 0 spiro atoms. The second-order valence-electron chi connectivity index (χ2n) is 1.85. The molecule has 49 valence electrons. The SMILES string of the molecule is CC(=O)C/C(C)=C/O.[Ac]. The Labute approximate surface area is 90.9 Å². The maximum absolute atomic E-state index is 10.3. The summed E-state index contributed by atoms with van der Waals surface area (Å²) in [5.41, 5.74) is 0.706. The maximum atomic E-state index is 10.3. The Hall–Kier alpha value is 0.652. The van der Waals surface area contributed by atoms with Gasteiger partial charge in [-0.1, -0.05) is 0 Å². The van der Waals surface area contributed by atoms with E-state index < -0.39 is 0 Å². The number of hydrogen-bond donors (Lipinski definition) is 1. The van der Waals surface area contributed by atoms with Gasteiger partial charge in [-0.25, -0.2) is 0 Å². The van der Waals surface area contributed by atoms with Crippen molar-refractivity contribution in [2.75, 3.05) is 0 Å². The molecule has 3 heteroatoms. The quantitative estimate of drug-likeness (QED) is 0.772. The second-order valence-corrected chi connectivity index (χ2v) is 1.85. The van der Waals surface area contributed by atoms with Gasteiger partial charge in [-0.3, -0.25) is 4.79 Å². The van der Waals surface area contributed by atoms with Crippen molar-refractivity contribution in [2.45, 2.75) is 20.3 Å². The van der Waals surface area contributed by atoms with E-state index in [0.29, 0.717) is 12.0 Å². The van der Waals surface area contributed by atoms with Gasteiger partial charge in [0.15, 0.2) is 0 Å². The van der Waals surface area contributed by atoms with Gasteiger partial charge in [-0.2, -0.15) is 0 Å². The topological polar surface area (TPSA) is 37.3 Å². The predicted octanol–water partition coefficient (Wildman–Crippen LogP) is 1.43. The molecule has 0 rings (SSSR count). The van der Waals surface area contributed by atoms with Crippen molar-refractivity contribution in [1.29, 1.82) is 0 Å². The molecule has 0 aliphatic carbocycles. The van der Waals surface area contributed by atoms with Crippen molar-refractivity contribution in [2.24, 2.45) is 0 Å². The largest absolute Gasteiger partial charge is 0.516 e. The van der Waals surface area contributed by atoms with Crippen molar-refractivity contribution in [1.82, 2.24) is 0 Å². The van der Waals surface area contributed by atoms with E-state index >= 15 is 0 Å². The number of allylic oxidation sites excluding steroid dienone is 1. The fraction of sp³-hybridized carbons (Fsp3) is 0.500. The minimum Gasteiger partial charge on any atom is -0.516 e. The summed E-state index contributed by atoms with van der Waals surface area (Å²) < 4.78 is 0. The molecular weight excluding hydrogens is 331 g/mol. The van der Waals surface area contributed by atoms with Gasteiger partial charge in [-0.15, -0.1) is 0 Å². The molecule has 0 bridgehead atoms. The van der Waals surface area contributed by atoms with E-state index in [1.165, 1.54) is 6.92 Å². The summed E-state index contributed by atoms with van der Waals surface area (Å²) in [6.45, 7) is 3.20. The third-order valence-electron chi connectivity index (χ3n) is 0.748. The van der Waals surface area contributed by atoms with Crippen LogP contribution in [0.1, 0.15) is 20.3 Å². The zero-order valence-electron chi connectivity index (χ0n) is 5.72. The molecule has 0 aromatic carbocycles. The van der Waals surface area contributed by atoms with E-state index in [2.05, 4.69) is 0 Å².